The van der Waals surface area contributed by atoms with E-state index in [0.29, 0.717) is 0 Å². The highest BCUT2D eigenvalue weighted by Gasteiger charge is 2.43. The lowest BCUT2D eigenvalue weighted by Gasteiger charge is -2.22. The van der Waals surface area contributed by atoms with Crippen LogP contribution in [0.3, 0.4) is 0 Å². The number of ether oxygens (including phenoxy) is 1. The van der Waals surface area contributed by atoms with Gasteiger partial charge in [-0.25, -0.2) is 0 Å². The van der Waals surface area contributed by atoms with Crippen LogP contribution in [-0.4, -0.2) is 24.0 Å². The Morgan fingerprint density at radius 2 is 2.00 bits per heavy atom. The normalized spacial score (nSPS) is 16.2. The number of carbonyl (C=O) groups excluding carboxylic acids is 2. The van der Waals surface area contributed by atoms with E-state index in [2.05, 4.69) is 11.4 Å². The monoisotopic (exact) mass is 300 g/mol. The second-order valence-electron chi connectivity index (χ2n) is 5.96. The molecule has 1 fully saturated rings. The van der Waals surface area contributed by atoms with Crippen molar-refractivity contribution in [1.29, 1.82) is 5.26 Å². The fourth-order valence-electron chi connectivity index (χ4n) is 2.28. The summed E-state index contributed by atoms with van der Waals surface area (Å²) in [5.41, 5.74) is 1.10. The molecular formula is C17H20N2O3. The summed E-state index contributed by atoms with van der Waals surface area (Å²) in [6.45, 7) is 3.32. The zero-order chi connectivity index (χ0) is 16.2. The largest absolute Gasteiger partial charge is 0.455 e. The zero-order valence-electron chi connectivity index (χ0n) is 12.9. The molecule has 0 radical (unpaired) electrons. The third kappa shape index (κ3) is 4.32. The number of esters is 1. The maximum absolute atomic E-state index is 11.8. The minimum Gasteiger partial charge on any atom is -0.455 e. The Morgan fingerprint density at radius 1 is 1.36 bits per heavy atom. The summed E-state index contributed by atoms with van der Waals surface area (Å²) >= 11 is 0. The van der Waals surface area contributed by atoms with Crippen LogP contribution in [0.2, 0.25) is 0 Å². The third-order valence-electron chi connectivity index (χ3n) is 3.86. The Morgan fingerprint density at radius 3 is 2.55 bits per heavy atom. The molecule has 116 valence electrons. The maximum Gasteiger partial charge on any atom is 0.310 e. The molecule has 0 heterocycles. The minimum atomic E-state index is -0.861. The summed E-state index contributed by atoms with van der Waals surface area (Å²) in [6, 6.07) is 9.69. The van der Waals surface area contributed by atoms with Crippen LogP contribution in [0, 0.1) is 24.2 Å². The van der Waals surface area contributed by atoms with Crippen LogP contribution in [0.25, 0.3) is 0 Å². The van der Waals surface area contributed by atoms with Gasteiger partial charge in [0.15, 0.2) is 6.61 Å². The first kappa shape index (κ1) is 16.0. The third-order valence-corrected chi connectivity index (χ3v) is 3.86. The molecule has 1 aromatic rings. The number of nitrogens with one attached hydrogen (secondary N) is 1. The molecule has 1 aliphatic carbocycles. The molecule has 0 unspecified atom stereocenters. The number of hydrogen-bond acceptors (Lipinski definition) is 4. The van der Waals surface area contributed by atoms with Gasteiger partial charge in [-0.3, -0.25) is 9.59 Å². The van der Waals surface area contributed by atoms with Gasteiger partial charge in [0.05, 0.1) is 12.5 Å². The summed E-state index contributed by atoms with van der Waals surface area (Å²) in [5, 5.41) is 11.8. The lowest BCUT2D eigenvalue weighted by Crippen LogP contribution is -2.48. The van der Waals surface area contributed by atoms with Crippen LogP contribution in [0.1, 0.15) is 30.9 Å². The SMILES string of the molecule is Cc1ccc(CC(=O)OCC(=O)N[C@](C)(C#N)C2CC2)cc1. The molecule has 0 aromatic heterocycles. The average Bonchev–Trinajstić information content (AvgIpc) is 3.32. The van der Waals surface area contributed by atoms with Crippen LogP contribution in [0.4, 0.5) is 0 Å². The molecule has 0 saturated heterocycles. The van der Waals surface area contributed by atoms with Crippen LogP contribution < -0.4 is 5.32 Å². The molecule has 1 saturated carbocycles. The van der Waals surface area contributed by atoms with Gasteiger partial charge in [0.2, 0.25) is 0 Å². The van der Waals surface area contributed by atoms with E-state index in [1.165, 1.54) is 0 Å². The highest BCUT2D eigenvalue weighted by molar-refractivity contribution is 5.82. The number of benzene rings is 1. The molecule has 0 spiro atoms. The number of carbonyl (C=O) groups is 2. The van der Waals surface area contributed by atoms with E-state index < -0.39 is 17.4 Å². The molecular weight excluding hydrogens is 280 g/mol. The highest BCUT2D eigenvalue weighted by Crippen LogP contribution is 2.39. The van der Waals surface area contributed by atoms with E-state index >= 15 is 0 Å². The Balaban J connectivity index is 1.77. The topological polar surface area (TPSA) is 79.2 Å². The lowest BCUT2D eigenvalue weighted by atomic mass is 9.98. The zero-order valence-corrected chi connectivity index (χ0v) is 12.9. The lowest BCUT2D eigenvalue weighted by molar-refractivity contribution is -0.148. The summed E-state index contributed by atoms with van der Waals surface area (Å²) in [7, 11) is 0. The fraction of sp³-hybridized carbons (Fsp3) is 0.471. The first-order valence-electron chi connectivity index (χ1n) is 7.36. The van der Waals surface area contributed by atoms with Crippen molar-refractivity contribution in [2.75, 3.05) is 6.61 Å². The Hall–Kier alpha value is -2.35. The van der Waals surface area contributed by atoms with Gasteiger partial charge in [0, 0.05) is 0 Å². The van der Waals surface area contributed by atoms with Gasteiger partial charge in [-0.1, -0.05) is 29.8 Å². The number of nitrogens with zero attached hydrogens (tertiary/aromatic N) is 1. The van der Waals surface area contributed by atoms with E-state index in [-0.39, 0.29) is 18.9 Å². The quantitative estimate of drug-likeness (QED) is 0.814. The number of nitriles is 1. The molecule has 2 rings (SSSR count). The molecule has 5 heteroatoms. The predicted molar refractivity (Wildman–Crippen MR) is 80.7 cm³/mol. The Bertz CT molecular complexity index is 599. The molecule has 1 amide bonds. The van der Waals surface area contributed by atoms with Crippen LogP contribution >= 0.6 is 0 Å². The van der Waals surface area contributed by atoms with Crippen molar-refractivity contribution >= 4 is 11.9 Å². The van der Waals surface area contributed by atoms with Crippen molar-refractivity contribution in [1.82, 2.24) is 5.32 Å². The van der Waals surface area contributed by atoms with E-state index in [9.17, 15) is 9.59 Å². The number of hydrogen-bond donors (Lipinski definition) is 1. The van der Waals surface area contributed by atoms with Crippen LogP contribution in [-0.2, 0) is 20.7 Å². The number of rotatable bonds is 6. The van der Waals surface area contributed by atoms with Gasteiger partial charge in [-0.2, -0.15) is 5.26 Å². The fourth-order valence-corrected chi connectivity index (χ4v) is 2.28. The molecule has 1 aromatic carbocycles. The first-order chi connectivity index (χ1) is 10.4. The van der Waals surface area contributed by atoms with Gasteiger partial charge in [0.25, 0.3) is 5.91 Å². The summed E-state index contributed by atoms with van der Waals surface area (Å²) in [4.78, 5) is 23.5. The highest BCUT2D eigenvalue weighted by atomic mass is 16.5. The predicted octanol–water partition coefficient (Wildman–Crippen LogP) is 1.89. The summed E-state index contributed by atoms with van der Waals surface area (Å²) in [6.07, 6.45) is 2.01. The first-order valence-corrected chi connectivity index (χ1v) is 7.36. The van der Waals surface area contributed by atoms with Crippen molar-refractivity contribution < 1.29 is 14.3 Å². The molecule has 22 heavy (non-hydrogen) atoms. The molecule has 0 aliphatic heterocycles. The van der Waals surface area contributed by atoms with E-state index in [4.69, 9.17) is 10.00 Å². The average molecular weight is 300 g/mol. The second-order valence-corrected chi connectivity index (χ2v) is 5.96. The van der Waals surface area contributed by atoms with E-state index in [1.807, 2.05) is 31.2 Å². The molecule has 1 atom stereocenters. The van der Waals surface area contributed by atoms with Gasteiger partial charge in [0.1, 0.15) is 5.54 Å². The molecule has 1 N–H and O–H groups in total. The molecule has 0 bridgehead atoms. The number of aryl methyl sites for hydroxylation is 1. The van der Waals surface area contributed by atoms with Gasteiger partial charge in [-0.15, -0.1) is 0 Å². The van der Waals surface area contributed by atoms with Crippen molar-refractivity contribution in [3.63, 3.8) is 0 Å². The summed E-state index contributed by atoms with van der Waals surface area (Å²) in [5.74, 6) is -0.693. The van der Waals surface area contributed by atoms with Crippen LogP contribution in [0.15, 0.2) is 24.3 Å². The van der Waals surface area contributed by atoms with Crippen molar-refractivity contribution in [3.05, 3.63) is 35.4 Å². The van der Waals surface area contributed by atoms with Gasteiger partial charge >= 0.3 is 5.97 Å². The smallest absolute Gasteiger partial charge is 0.310 e. The van der Waals surface area contributed by atoms with Crippen molar-refractivity contribution in [3.8, 4) is 6.07 Å². The second kappa shape index (κ2) is 6.61. The van der Waals surface area contributed by atoms with Gasteiger partial charge in [-0.05, 0) is 38.2 Å². The number of amides is 1. The Kier molecular flexibility index (Phi) is 4.81. The van der Waals surface area contributed by atoms with Gasteiger partial charge < -0.3 is 10.1 Å². The van der Waals surface area contributed by atoms with E-state index in [1.54, 1.807) is 6.92 Å². The Labute approximate surface area is 130 Å². The van der Waals surface area contributed by atoms with E-state index in [0.717, 1.165) is 24.0 Å². The minimum absolute atomic E-state index is 0.131. The molecule has 5 nitrogen and oxygen atoms in total. The summed E-state index contributed by atoms with van der Waals surface area (Å²) < 4.78 is 4.97. The maximum atomic E-state index is 11.8. The van der Waals surface area contributed by atoms with Crippen LogP contribution in [0.5, 0.6) is 0 Å². The van der Waals surface area contributed by atoms with Crippen molar-refractivity contribution in [2.45, 2.75) is 38.6 Å². The standard InChI is InChI=1S/C17H20N2O3/c1-12-3-5-13(6-4-12)9-16(21)22-10-15(20)19-17(2,11-18)14-7-8-14/h3-6,14H,7-10H2,1-2H3,(H,19,20)/t17-/m1/s1. The molecule has 1 aliphatic rings. The van der Waals surface area contributed by atoms with Crippen molar-refractivity contribution in [2.24, 2.45) is 5.92 Å².